The van der Waals surface area contributed by atoms with E-state index in [1.165, 1.54) is 17.7 Å². The molecule has 0 saturated carbocycles. The van der Waals surface area contributed by atoms with Crippen LogP contribution >= 0.6 is 11.3 Å². The third kappa shape index (κ3) is 7.22. The van der Waals surface area contributed by atoms with Gasteiger partial charge in [0.15, 0.2) is 12.2 Å². The SMILES string of the molecule is CC(C)(C)C=C(C#N)C(=O)N1CCCC1Cn1c(NC(=O)c2ccc(-c3cnco3)s2)nc2cc(CNC3CCOCC3)ccc21. The maximum atomic E-state index is 13.6. The Bertz CT molecular complexity index is 1770. The van der Waals surface area contributed by atoms with Gasteiger partial charge in [0, 0.05) is 38.9 Å². The summed E-state index contributed by atoms with van der Waals surface area (Å²) in [5.74, 6) is 0.471. The molecule has 240 valence electrons. The van der Waals surface area contributed by atoms with Crippen molar-refractivity contribution in [1.29, 1.82) is 5.26 Å². The predicted molar refractivity (Wildman–Crippen MR) is 176 cm³/mol. The molecule has 46 heavy (non-hydrogen) atoms. The Balaban J connectivity index is 1.28. The molecule has 11 nitrogen and oxygen atoms in total. The van der Waals surface area contributed by atoms with Crippen LogP contribution in [0.25, 0.3) is 21.7 Å². The minimum Gasteiger partial charge on any atom is -0.443 e. The van der Waals surface area contributed by atoms with Crippen molar-refractivity contribution in [3.05, 3.63) is 65.0 Å². The lowest BCUT2D eigenvalue weighted by Gasteiger charge is -2.26. The van der Waals surface area contributed by atoms with Gasteiger partial charge in [0.2, 0.25) is 5.95 Å². The average Bonchev–Trinajstić information content (AvgIpc) is 3.86. The number of amides is 2. The molecule has 4 aromatic rings. The second kappa shape index (κ2) is 13.6. The quantitative estimate of drug-likeness (QED) is 0.174. The molecule has 2 aliphatic heterocycles. The number of benzene rings is 1. The molecule has 2 N–H and O–H groups in total. The van der Waals surface area contributed by atoms with Crippen molar-refractivity contribution in [2.24, 2.45) is 5.41 Å². The summed E-state index contributed by atoms with van der Waals surface area (Å²) in [6.07, 6.45) is 8.32. The number of hydrogen-bond acceptors (Lipinski definition) is 9. The standard InChI is InChI=1S/C34H39N7O4S/c1-34(2,3)16-23(17-35)32(43)40-12-4-5-25(40)20-41-27-7-6-22(18-37-24-10-13-44-14-11-24)15-26(27)38-33(41)39-31(42)30-9-8-29(46-30)28-19-36-21-45-28/h6-9,15-16,19,21,24-25,37H,4-5,10-14,18,20H2,1-3H3,(H,38,39,42). The third-order valence-corrected chi connectivity index (χ3v) is 9.42. The maximum Gasteiger partial charge on any atom is 0.268 e. The van der Waals surface area contributed by atoms with Gasteiger partial charge in [0.25, 0.3) is 11.8 Å². The van der Waals surface area contributed by atoms with E-state index in [0.717, 1.165) is 60.4 Å². The number of carbonyl (C=O) groups excluding carboxylic acids is 2. The number of hydrogen-bond donors (Lipinski definition) is 2. The number of nitrogens with one attached hydrogen (secondary N) is 2. The van der Waals surface area contributed by atoms with Crippen molar-refractivity contribution >= 4 is 40.1 Å². The molecule has 3 aromatic heterocycles. The van der Waals surface area contributed by atoms with E-state index in [-0.39, 0.29) is 28.8 Å². The summed E-state index contributed by atoms with van der Waals surface area (Å²) in [4.78, 5) is 39.1. The Kier molecular flexibility index (Phi) is 9.35. The van der Waals surface area contributed by atoms with Crippen molar-refractivity contribution < 1.29 is 18.7 Å². The first kappa shape index (κ1) is 31.7. The first-order chi connectivity index (χ1) is 22.2. The lowest BCUT2D eigenvalue weighted by atomic mass is 9.93. The zero-order valence-corrected chi connectivity index (χ0v) is 27.2. The molecule has 1 aromatic carbocycles. The van der Waals surface area contributed by atoms with Crippen LogP contribution in [0, 0.1) is 16.7 Å². The van der Waals surface area contributed by atoms with E-state index < -0.39 is 0 Å². The summed E-state index contributed by atoms with van der Waals surface area (Å²) >= 11 is 1.31. The van der Waals surface area contributed by atoms with Crippen LogP contribution in [-0.4, -0.2) is 63.1 Å². The fourth-order valence-corrected chi connectivity index (χ4v) is 6.91. The number of thiophene rings is 1. The number of likely N-dealkylation sites (tertiary alicyclic amines) is 1. The van der Waals surface area contributed by atoms with Gasteiger partial charge in [-0.25, -0.2) is 9.97 Å². The maximum absolute atomic E-state index is 13.6. The highest BCUT2D eigenvalue weighted by Gasteiger charge is 2.33. The molecular weight excluding hydrogens is 602 g/mol. The van der Waals surface area contributed by atoms with Crippen LogP contribution in [0.1, 0.15) is 61.7 Å². The molecule has 2 fully saturated rings. The van der Waals surface area contributed by atoms with Gasteiger partial charge in [-0.05, 0) is 60.9 Å². The van der Waals surface area contributed by atoms with Crippen molar-refractivity contribution in [2.75, 3.05) is 25.1 Å². The molecule has 1 unspecified atom stereocenters. The van der Waals surface area contributed by atoms with Crippen LogP contribution < -0.4 is 10.6 Å². The molecule has 0 radical (unpaired) electrons. The minimum atomic E-state index is -0.305. The number of rotatable bonds is 9. The highest BCUT2D eigenvalue weighted by molar-refractivity contribution is 7.17. The van der Waals surface area contributed by atoms with Crippen LogP contribution in [0.15, 0.2) is 59.0 Å². The fraction of sp³-hybridized carbons (Fsp3) is 0.441. The Labute approximate surface area is 272 Å². The summed E-state index contributed by atoms with van der Waals surface area (Å²) in [7, 11) is 0. The lowest BCUT2D eigenvalue weighted by Crippen LogP contribution is -2.39. The highest BCUT2D eigenvalue weighted by Crippen LogP contribution is 2.31. The van der Waals surface area contributed by atoms with Gasteiger partial charge in [-0.3, -0.25) is 14.9 Å². The Hall–Kier alpha value is -4.31. The molecule has 1 atom stereocenters. The number of imidazole rings is 1. The topological polar surface area (TPSA) is 138 Å². The molecule has 0 bridgehead atoms. The Morgan fingerprint density at radius 2 is 2.00 bits per heavy atom. The number of fused-ring (bicyclic) bond motifs is 1. The van der Waals surface area contributed by atoms with E-state index >= 15 is 0 Å². The molecule has 5 heterocycles. The van der Waals surface area contributed by atoms with Crippen molar-refractivity contribution in [2.45, 2.75) is 71.6 Å². The van der Waals surface area contributed by atoms with Gasteiger partial charge in [0.05, 0.1) is 33.0 Å². The fourth-order valence-electron chi connectivity index (χ4n) is 6.06. The monoisotopic (exact) mass is 641 g/mol. The summed E-state index contributed by atoms with van der Waals surface area (Å²) in [5, 5.41) is 16.5. The molecule has 6 rings (SSSR count). The van der Waals surface area contributed by atoms with E-state index in [1.807, 2.05) is 37.5 Å². The number of carbonyl (C=O) groups is 2. The van der Waals surface area contributed by atoms with Crippen LogP contribution in [0.5, 0.6) is 0 Å². The zero-order chi connectivity index (χ0) is 32.3. The predicted octanol–water partition coefficient (Wildman–Crippen LogP) is 5.76. The number of ether oxygens (including phenoxy) is 1. The normalized spacial score (nSPS) is 17.8. The summed E-state index contributed by atoms with van der Waals surface area (Å²) in [6.45, 7) is 9.18. The number of nitriles is 1. The molecule has 0 aliphatic carbocycles. The van der Waals surface area contributed by atoms with Gasteiger partial charge in [-0.1, -0.05) is 32.9 Å². The van der Waals surface area contributed by atoms with Gasteiger partial charge < -0.3 is 23.9 Å². The molecular formula is C34H39N7O4S. The Morgan fingerprint density at radius 3 is 2.74 bits per heavy atom. The van der Waals surface area contributed by atoms with Gasteiger partial charge in [-0.15, -0.1) is 11.3 Å². The van der Waals surface area contributed by atoms with Crippen molar-refractivity contribution in [3.63, 3.8) is 0 Å². The number of anilines is 1. The number of allylic oxidation sites excluding steroid dienone is 1. The zero-order valence-electron chi connectivity index (χ0n) is 26.4. The number of aromatic nitrogens is 3. The molecule has 2 aliphatic rings. The summed E-state index contributed by atoms with van der Waals surface area (Å²) < 4.78 is 12.9. The van der Waals surface area contributed by atoms with Crippen molar-refractivity contribution in [1.82, 2.24) is 24.8 Å². The summed E-state index contributed by atoms with van der Waals surface area (Å²) in [6, 6.07) is 12.1. The largest absolute Gasteiger partial charge is 0.443 e. The second-order valence-electron chi connectivity index (χ2n) is 13.0. The van der Waals surface area contributed by atoms with Gasteiger partial charge in [0.1, 0.15) is 11.6 Å². The van der Waals surface area contributed by atoms with Crippen LogP contribution in [-0.2, 0) is 22.6 Å². The smallest absolute Gasteiger partial charge is 0.268 e. The van der Waals surface area contributed by atoms with Gasteiger partial charge in [-0.2, -0.15) is 5.26 Å². The van der Waals surface area contributed by atoms with E-state index in [0.29, 0.717) is 42.3 Å². The van der Waals surface area contributed by atoms with Crippen molar-refractivity contribution in [3.8, 4) is 16.7 Å². The molecule has 2 amide bonds. The van der Waals surface area contributed by atoms with E-state index in [4.69, 9.17) is 14.1 Å². The second-order valence-corrected chi connectivity index (χ2v) is 14.0. The van der Waals surface area contributed by atoms with Crippen LogP contribution in [0.2, 0.25) is 0 Å². The first-order valence-electron chi connectivity index (χ1n) is 15.7. The highest BCUT2D eigenvalue weighted by atomic mass is 32.1. The number of nitrogens with zero attached hydrogens (tertiary/aromatic N) is 5. The molecule has 2 saturated heterocycles. The lowest BCUT2D eigenvalue weighted by molar-refractivity contribution is -0.127. The van der Waals surface area contributed by atoms with Crippen LogP contribution in [0.4, 0.5) is 5.95 Å². The van der Waals surface area contributed by atoms with E-state index in [2.05, 4.69) is 33.8 Å². The minimum absolute atomic E-state index is 0.158. The molecule has 0 spiro atoms. The van der Waals surface area contributed by atoms with Gasteiger partial charge >= 0.3 is 0 Å². The first-order valence-corrected chi connectivity index (χ1v) is 16.5. The average molecular weight is 642 g/mol. The van der Waals surface area contributed by atoms with E-state index in [9.17, 15) is 14.9 Å². The Morgan fingerprint density at radius 1 is 1.17 bits per heavy atom. The van der Waals surface area contributed by atoms with E-state index in [1.54, 1.807) is 23.2 Å². The summed E-state index contributed by atoms with van der Waals surface area (Å²) in [5.41, 5.74) is 2.57. The third-order valence-electron chi connectivity index (χ3n) is 8.32. The number of oxazole rings is 1. The van der Waals surface area contributed by atoms with Crippen LogP contribution in [0.3, 0.4) is 0 Å². The molecule has 12 heteroatoms.